The summed E-state index contributed by atoms with van der Waals surface area (Å²) in [6, 6.07) is 4.10. The van der Waals surface area contributed by atoms with Gasteiger partial charge in [-0.1, -0.05) is 0 Å². The van der Waals surface area contributed by atoms with Crippen LogP contribution in [0.2, 0.25) is 0 Å². The molecule has 0 atom stereocenters. The normalized spacial score (nSPS) is 10.0. The van der Waals surface area contributed by atoms with Crippen molar-refractivity contribution in [1.29, 1.82) is 0 Å². The molecule has 0 radical (unpaired) electrons. The van der Waals surface area contributed by atoms with E-state index in [1.807, 2.05) is 0 Å². The number of aromatic nitrogens is 2. The number of aromatic hydroxyl groups is 1. The number of rotatable bonds is 2. The van der Waals surface area contributed by atoms with E-state index in [-0.39, 0.29) is 11.3 Å². The fourth-order valence-corrected chi connectivity index (χ4v) is 1.32. The second-order valence-corrected chi connectivity index (χ2v) is 3.13. The molecule has 0 amide bonds. The van der Waals surface area contributed by atoms with E-state index in [2.05, 4.69) is 9.97 Å². The van der Waals surface area contributed by atoms with Crippen molar-refractivity contribution in [1.82, 2.24) is 9.97 Å². The average molecular weight is 216 g/mol. The number of phenolic OH excluding ortho intramolecular Hbond substituents is 1. The van der Waals surface area contributed by atoms with Crippen molar-refractivity contribution < 1.29 is 15.0 Å². The third-order valence-electron chi connectivity index (χ3n) is 2.08. The van der Waals surface area contributed by atoms with E-state index in [9.17, 15) is 9.90 Å². The van der Waals surface area contributed by atoms with Crippen LogP contribution < -0.4 is 0 Å². The van der Waals surface area contributed by atoms with Crippen molar-refractivity contribution >= 4 is 5.97 Å². The summed E-state index contributed by atoms with van der Waals surface area (Å²) in [6.07, 6.45) is 4.52. The summed E-state index contributed by atoms with van der Waals surface area (Å²) in [6.45, 7) is 0. The lowest BCUT2D eigenvalue weighted by Gasteiger charge is -2.03. The summed E-state index contributed by atoms with van der Waals surface area (Å²) in [5.74, 6) is -1.21. The highest BCUT2D eigenvalue weighted by molar-refractivity contribution is 5.89. The number of aromatic carboxylic acids is 1. The Hall–Kier alpha value is -2.43. The van der Waals surface area contributed by atoms with Gasteiger partial charge in [0.15, 0.2) is 0 Å². The lowest BCUT2D eigenvalue weighted by molar-refractivity contribution is 0.0696. The second kappa shape index (κ2) is 3.98. The Balaban J connectivity index is 2.48. The van der Waals surface area contributed by atoms with E-state index in [0.717, 1.165) is 0 Å². The third kappa shape index (κ3) is 1.83. The van der Waals surface area contributed by atoms with Gasteiger partial charge in [-0.3, -0.25) is 9.97 Å². The quantitative estimate of drug-likeness (QED) is 0.795. The zero-order chi connectivity index (χ0) is 11.5. The summed E-state index contributed by atoms with van der Waals surface area (Å²) >= 11 is 0. The number of phenols is 1. The molecule has 0 bridgehead atoms. The number of nitrogens with zero attached hydrogens (tertiary/aromatic N) is 2. The van der Waals surface area contributed by atoms with Crippen molar-refractivity contribution in [3.05, 3.63) is 42.4 Å². The Kier molecular flexibility index (Phi) is 2.51. The molecule has 5 nitrogen and oxygen atoms in total. The maximum atomic E-state index is 10.7. The molecule has 16 heavy (non-hydrogen) atoms. The van der Waals surface area contributed by atoms with Crippen molar-refractivity contribution in [2.45, 2.75) is 0 Å². The summed E-state index contributed by atoms with van der Waals surface area (Å²) in [4.78, 5) is 18.5. The Morgan fingerprint density at radius 3 is 2.62 bits per heavy atom. The second-order valence-electron chi connectivity index (χ2n) is 3.13. The smallest absolute Gasteiger partial charge is 0.335 e. The molecule has 0 unspecified atom stereocenters. The van der Waals surface area contributed by atoms with Crippen LogP contribution in [0.15, 0.2) is 36.8 Å². The maximum Gasteiger partial charge on any atom is 0.335 e. The molecule has 80 valence electrons. The predicted octanol–water partition coefficient (Wildman–Crippen LogP) is 1.55. The first-order valence-electron chi connectivity index (χ1n) is 4.51. The standard InChI is InChI=1S/C11H8N2O3/c14-10-5-7(11(15)16)1-2-8(10)9-6-12-3-4-13-9/h1-6,14H,(H,15,16). The minimum Gasteiger partial charge on any atom is -0.507 e. The number of carboxylic acid groups (broad SMARTS) is 1. The third-order valence-corrected chi connectivity index (χ3v) is 2.08. The monoisotopic (exact) mass is 216 g/mol. The van der Waals surface area contributed by atoms with Crippen LogP contribution in [-0.4, -0.2) is 26.2 Å². The Bertz CT molecular complexity index is 526. The van der Waals surface area contributed by atoms with E-state index < -0.39 is 5.97 Å². The molecule has 0 fully saturated rings. The largest absolute Gasteiger partial charge is 0.507 e. The molecular weight excluding hydrogens is 208 g/mol. The molecule has 2 aromatic rings. The van der Waals surface area contributed by atoms with E-state index in [0.29, 0.717) is 11.3 Å². The molecule has 0 saturated heterocycles. The molecule has 0 aliphatic heterocycles. The minimum absolute atomic E-state index is 0.0325. The van der Waals surface area contributed by atoms with E-state index >= 15 is 0 Å². The van der Waals surface area contributed by atoms with E-state index in [4.69, 9.17) is 5.11 Å². The molecule has 0 aliphatic rings. The molecule has 1 heterocycles. The molecule has 1 aromatic carbocycles. The van der Waals surface area contributed by atoms with Crippen LogP contribution in [0.25, 0.3) is 11.3 Å². The van der Waals surface area contributed by atoms with Crippen LogP contribution in [0, 0.1) is 0 Å². The van der Waals surface area contributed by atoms with Crippen molar-refractivity contribution in [3.8, 4) is 17.0 Å². The molecule has 2 rings (SSSR count). The van der Waals surface area contributed by atoms with Gasteiger partial charge in [0.1, 0.15) is 5.75 Å². The van der Waals surface area contributed by atoms with Gasteiger partial charge in [-0.05, 0) is 18.2 Å². The van der Waals surface area contributed by atoms with Gasteiger partial charge in [0.2, 0.25) is 0 Å². The van der Waals surface area contributed by atoms with Crippen LogP contribution in [-0.2, 0) is 0 Å². The number of carbonyl (C=O) groups is 1. The van der Waals surface area contributed by atoms with Crippen LogP contribution in [0.3, 0.4) is 0 Å². The SMILES string of the molecule is O=C(O)c1ccc(-c2cnccn2)c(O)c1. The number of carboxylic acids is 1. The summed E-state index contributed by atoms with van der Waals surface area (Å²) in [5.41, 5.74) is 0.986. The number of hydrogen-bond donors (Lipinski definition) is 2. The van der Waals surface area contributed by atoms with Gasteiger partial charge in [0.25, 0.3) is 0 Å². The zero-order valence-corrected chi connectivity index (χ0v) is 8.16. The summed E-state index contributed by atoms with van der Waals surface area (Å²) < 4.78 is 0. The lowest BCUT2D eigenvalue weighted by Crippen LogP contribution is -1.96. The Labute approximate surface area is 91.0 Å². The van der Waals surface area contributed by atoms with E-state index in [1.54, 1.807) is 0 Å². The van der Waals surface area contributed by atoms with Gasteiger partial charge in [-0.2, -0.15) is 0 Å². The van der Waals surface area contributed by atoms with E-state index in [1.165, 1.54) is 36.8 Å². The molecular formula is C11H8N2O3. The Morgan fingerprint density at radius 1 is 1.25 bits per heavy atom. The van der Waals surface area contributed by atoms with Gasteiger partial charge >= 0.3 is 5.97 Å². The molecule has 0 aliphatic carbocycles. The first-order chi connectivity index (χ1) is 7.68. The van der Waals surface area contributed by atoms with Gasteiger partial charge in [-0.25, -0.2) is 4.79 Å². The number of hydrogen-bond acceptors (Lipinski definition) is 4. The highest BCUT2D eigenvalue weighted by Gasteiger charge is 2.09. The maximum absolute atomic E-state index is 10.7. The topological polar surface area (TPSA) is 83.3 Å². The highest BCUT2D eigenvalue weighted by atomic mass is 16.4. The molecule has 5 heteroatoms. The van der Waals surface area contributed by atoms with Crippen molar-refractivity contribution in [2.75, 3.05) is 0 Å². The van der Waals surface area contributed by atoms with Gasteiger partial charge in [0.05, 0.1) is 17.5 Å². The molecule has 1 aromatic heterocycles. The van der Waals surface area contributed by atoms with Gasteiger partial charge < -0.3 is 10.2 Å². The highest BCUT2D eigenvalue weighted by Crippen LogP contribution is 2.27. The minimum atomic E-state index is -1.08. The number of benzene rings is 1. The lowest BCUT2D eigenvalue weighted by atomic mass is 10.1. The molecule has 0 saturated carbocycles. The van der Waals surface area contributed by atoms with Crippen molar-refractivity contribution in [3.63, 3.8) is 0 Å². The van der Waals surface area contributed by atoms with Crippen molar-refractivity contribution in [2.24, 2.45) is 0 Å². The van der Waals surface area contributed by atoms with Crippen LogP contribution in [0.5, 0.6) is 5.75 Å². The first-order valence-corrected chi connectivity index (χ1v) is 4.51. The fourth-order valence-electron chi connectivity index (χ4n) is 1.32. The molecule has 0 spiro atoms. The van der Waals surface area contributed by atoms with Gasteiger partial charge in [0, 0.05) is 18.0 Å². The summed E-state index contributed by atoms with van der Waals surface area (Å²) in [7, 11) is 0. The van der Waals surface area contributed by atoms with Crippen LogP contribution in [0.1, 0.15) is 10.4 Å². The zero-order valence-electron chi connectivity index (χ0n) is 8.16. The fraction of sp³-hybridized carbons (Fsp3) is 0. The summed E-state index contributed by atoms with van der Waals surface area (Å²) in [5, 5.41) is 18.4. The molecule has 2 N–H and O–H groups in total. The Morgan fingerprint density at radius 2 is 2.06 bits per heavy atom. The van der Waals surface area contributed by atoms with Crippen LogP contribution in [0.4, 0.5) is 0 Å². The first kappa shape index (κ1) is 10.1. The average Bonchev–Trinajstić information content (AvgIpc) is 2.30. The van der Waals surface area contributed by atoms with Crippen LogP contribution >= 0.6 is 0 Å². The van der Waals surface area contributed by atoms with Gasteiger partial charge in [-0.15, -0.1) is 0 Å². The predicted molar refractivity (Wildman–Crippen MR) is 56.1 cm³/mol.